The molecule has 134 valence electrons. The van der Waals surface area contributed by atoms with Gasteiger partial charge in [-0.25, -0.2) is 0 Å². The molecule has 3 rings (SSSR count). The first-order valence-corrected chi connectivity index (χ1v) is 9.62. The molecule has 0 fully saturated rings. The van der Waals surface area contributed by atoms with Crippen LogP contribution in [0.15, 0.2) is 84.9 Å². The van der Waals surface area contributed by atoms with Crippen LogP contribution in [0.25, 0.3) is 0 Å². The maximum atomic E-state index is 2.33. The van der Waals surface area contributed by atoms with Crippen molar-refractivity contribution in [3.05, 3.63) is 96.1 Å². The lowest BCUT2D eigenvalue weighted by atomic mass is 9.95. The molecular weight excluding hydrogens is 314 g/mol. The summed E-state index contributed by atoms with van der Waals surface area (Å²) in [7, 11) is 0. The largest absolute Gasteiger partial charge is 0.253 e. The summed E-state index contributed by atoms with van der Waals surface area (Å²) < 4.78 is 0.825. The number of benzene rings is 3. The predicted octanol–water partition coefficient (Wildman–Crippen LogP) is 7.06. The van der Waals surface area contributed by atoms with E-state index >= 15 is 0 Å². The second kappa shape index (κ2) is 7.88. The molecule has 1 heteroatoms. The number of rotatable bonds is 6. The maximum absolute atomic E-state index is 2.33. The van der Waals surface area contributed by atoms with Crippen LogP contribution in [0.4, 0.5) is 11.4 Å². The third kappa shape index (κ3) is 3.45. The van der Waals surface area contributed by atoms with Crippen LogP contribution in [0.1, 0.15) is 44.7 Å². The minimum absolute atomic E-state index is 0.417. The molecular formula is C25H30N+. The molecule has 0 unspecified atom stereocenters. The minimum Gasteiger partial charge on any atom is -0.253 e. The summed E-state index contributed by atoms with van der Waals surface area (Å²) in [6, 6.07) is 31.2. The zero-order chi connectivity index (χ0) is 18.6. The number of quaternary nitrogens is 1. The van der Waals surface area contributed by atoms with Crippen LogP contribution in [0.2, 0.25) is 0 Å². The topological polar surface area (TPSA) is 0 Å². The second-order valence-corrected chi connectivity index (χ2v) is 7.65. The van der Waals surface area contributed by atoms with E-state index in [9.17, 15) is 0 Å². The fraction of sp³-hybridized carbons (Fsp3) is 0.280. The van der Waals surface area contributed by atoms with E-state index in [0.29, 0.717) is 12.0 Å². The lowest BCUT2D eigenvalue weighted by Crippen LogP contribution is -2.49. The van der Waals surface area contributed by atoms with Gasteiger partial charge in [-0.05, 0) is 49.6 Å². The molecule has 3 aromatic rings. The molecule has 0 saturated carbocycles. The monoisotopic (exact) mass is 344 g/mol. The first kappa shape index (κ1) is 18.4. The first-order chi connectivity index (χ1) is 12.6. The predicted molar refractivity (Wildman–Crippen MR) is 114 cm³/mol. The zero-order valence-corrected chi connectivity index (χ0v) is 16.4. The zero-order valence-electron chi connectivity index (χ0n) is 16.4. The number of hydrogen-bond donors (Lipinski definition) is 0. The summed E-state index contributed by atoms with van der Waals surface area (Å²) in [5.74, 6) is 0.520. The molecule has 0 heterocycles. The Hall–Kier alpha value is -2.38. The van der Waals surface area contributed by atoms with Gasteiger partial charge in [0.25, 0.3) is 0 Å². The van der Waals surface area contributed by atoms with E-state index in [-0.39, 0.29) is 0 Å². The number of hydrogen-bond acceptors (Lipinski definition) is 0. The number of para-hydroxylation sites is 2. The van der Waals surface area contributed by atoms with Gasteiger partial charge in [-0.15, -0.1) is 0 Å². The standard InChI is InChI=1S/C25H30N/c1-20(2)25-18-12-11-13-22(25)19-26(21(3)4,23-14-7-5-8-15-23)24-16-9-6-10-17-24/h5-18,20-21H,19H2,1-4H3/q+1. The number of nitrogens with zero attached hydrogens (tertiary/aromatic N) is 1. The minimum atomic E-state index is 0.417. The van der Waals surface area contributed by atoms with Crippen LogP contribution in [-0.4, -0.2) is 6.04 Å². The normalized spacial score (nSPS) is 11.9. The third-order valence-electron chi connectivity index (χ3n) is 5.41. The molecule has 0 spiro atoms. The van der Waals surface area contributed by atoms with E-state index in [2.05, 4.69) is 113 Å². The Morgan fingerprint density at radius 2 is 1.08 bits per heavy atom. The van der Waals surface area contributed by atoms with Gasteiger partial charge in [0.1, 0.15) is 17.9 Å². The summed E-state index contributed by atoms with van der Waals surface area (Å²) in [6.45, 7) is 10.2. The molecule has 0 bridgehead atoms. The van der Waals surface area contributed by atoms with E-state index in [1.807, 2.05) is 0 Å². The van der Waals surface area contributed by atoms with Gasteiger partial charge in [0.15, 0.2) is 0 Å². The van der Waals surface area contributed by atoms with Gasteiger partial charge < -0.3 is 0 Å². The van der Waals surface area contributed by atoms with Crippen molar-refractivity contribution in [2.75, 3.05) is 0 Å². The van der Waals surface area contributed by atoms with Gasteiger partial charge in [0.2, 0.25) is 0 Å². The Bertz CT molecular complexity index is 780. The van der Waals surface area contributed by atoms with Crippen molar-refractivity contribution >= 4 is 11.4 Å². The summed E-state index contributed by atoms with van der Waals surface area (Å²) >= 11 is 0. The van der Waals surface area contributed by atoms with Gasteiger partial charge in [0.05, 0.1) is 6.04 Å². The Balaban J connectivity index is 2.22. The molecule has 0 amide bonds. The Kier molecular flexibility index (Phi) is 5.58. The van der Waals surface area contributed by atoms with E-state index in [1.54, 1.807) is 0 Å². The van der Waals surface area contributed by atoms with Crippen LogP contribution in [0.5, 0.6) is 0 Å². The molecule has 0 radical (unpaired) electrons. The molecule has 0 atom stereocenters. The molecule has 0 N–H and O–H groups in total. The maximum Gasteiger partial charge on any atom is 0.138 e. The van der Waals surface area contributed by atoms with Crippen LogP contribution < -0.4 is 4.48 Å². The molecule has 0 aromatic heterocycles. The van der Waals surface area contributed by atoms with Gasteiger partial charge in [-0.2, -0.15) is 0 Å². The van der Waals surface area contributed by atoms with Crippen LogP contribution in [0, 0.1) is 0 Å². The highest BCUT2D eigenvalue weighted by Crippen LogP contribution is 2.40. The highest BCUT2D eigenvalue weighted by Gasteiger charge is 2.37. The lowest BCUT2D eigenvalue weighted by molar-refractivity contribution is 0.310. The molecule has 26 heavy (non-hydrogen) atoms. The first-order valence-electron chi connectivity index (χ1n) is 9.62. The average Bonchev–Trinajstić information content (AvgIpc) is 2.67. The molecule has 3 aromatic carbocycles. The van der Waals surface area contributed by atoms with Crippen molar-refractivity contribution in [3.8, 4) is 0 Å². The van der Waals surface area contributed by atoms with Gasteiger partial charge in [-0.1, -0.05) is 74.5 Å². The van der Waals surface area contributed by atoms with Crippen molar-refractivity contribution in [1.29, 1.82) is 0 Å². The smallest absolute Gasteiger partial charge is 0.138 e. The molecule has 0 aliphatic heterocycles. The molecule has 0 aliphatic rings. The Morgan fingerprint density at radius 3 is 1.54 bits per heavy atom. The molecule has 0 aliphatic carbocycles. The van der Waals surface area contributed by atoms with E-state index < -0.39 is 0 Å². The fourth-order valence-electron chi connectivity index (χ4n) is 4.01. The second-order valence-electron chi connectivity index (χ2n) is 7.65. The third-order valence-corrected chi connectivity index (χ3v) is 5.41. The van der Waals surface area contributed by atoms with Crippen molar-refractivity contribution in [2.24, 2.45) is 0 Å². The summed E-state index contributed by atoms with van der Waals surface area (Å²) in [4.78, 5) is 0. The van der Waals surface area contributed by atoms with Gasteiger partial charge >= 0.3 is 0 Å². The summed E-state index contributed by atoms with van der Waals surface area (Å²) in [5.41, 5.74) is 5.56. The van der Waals surface area contributed by atoms with Crippen molar-refractivity contribution in [2.45, 2.75) is 46.2 Å². The van der Waals surface area contributed by atoms with Gasteiger partial charge in [-0.3, -0.25) is 4.48 Å². The van der Waals surface area contributed by atoms with Crippen LogP contribution >= 0.6 is 0 Å². The summed E-state index contributed by atoms with van der Waals surface area (Å²) in [5, 5.41) is 0. The van der Waals surface area contributed by atoms with Gasteiger partial charge in [0, 0.05) is 5.56 Å². The quantitative estimate of drug-likeness (QED) is 0.420. The van der Waals surface area contributed by atoms with Crippen LogP contribution in [0.3, 0.4) is 0 Å². The van der Waals surface area contributed by atoms with E-state index in [1.165, 1.54) is 22.5 Å². The van der Waals surface area contributed by atoms with E-state index in [0.717, 1.165) is 11.0 Å². The Morgan fingerprint density at radius 1 is 0.615 bits per heavy atom. The fourth-order valence-corrected chi connectivity index (χ4v) is 4.01. The molecule has 0 saturated heterocycles. The van der Waals surface area contributed by atoms with Crippen LogP contribution in [-0.2, 0) is 6.54 Å². The average molecular weight is 345 g/mol. The highest BCUT2D eigenvalue weighted by molar-refractivity contribution is 5.59. The lowest BCUT2D eigenvalue weighted by Gasteiger charge is -2.42. The molecule has 1 nitrogen and oxygen atoms in total. The van der Waals surface area contributed by atoms with Crippen molar-refractivity contribution in [3.63, 3.8) is 0 Å². The van der Waals surface area contributed by atoms with Crippen molar-refractivity contribution < 1.29 is 0 Å². The highest BCUT2D eigenvalue weighted by atomic mass is 15.4. The SMILES string of the molecule is CC(C)c1ccccc1C[N+](c1ccccc1)(c1ccccc1)C(C)C. The summed E-state index contributed by atoms with van der Waals surface area (Å²) in [6.07, 6.45) is 0. The van der Waals surface area contributed by atoms with E-state index in [4.69, 9.17) is 0 Å². The van der Waals surface area contributed by atoms with Crippen molar-refractivity contribution in [1.82, 2.24) is 4.48 Å². The Labute approximate surface area is 158 Å².